The van der Waals surface area contributed by atoms with Crippen LogP contribution in [0.2, 0.25) is 0 Å². The van der Waals surface area contributed by atoms with E-state index in [4.69, 9.17) is 14.6 Å². The van der Waals surface area contributed by atoms with Crippen LogP contribution in [0.4, 0.5) is 5.69 Å². The summed E-state index contributed by atoms with van der Waals surface area (Å²) in [5.74, 6) is 0.145. The number of anilines is 1. The fraction of sp³-hybridized carbons (Fsp3) is 0.312. The second-order valence-electron chi connectivity index (χ2n) is 5.00. The largest absolute Gasteiger partial charge is 0.493 e. The molecule has 0 bridgehead atoms. The van der Waals surface area contributed by atoms with Crippen LogP contribution in [-0.2, 0) is 17.9 Å². The molecule has 1 aromatic heterocycles. The summed E-state index contributed by atoms with van der Waals surface area (Å²) in [7, 11) is 1.57. The van der Waals surface area contributed by atoms with Crippen molar-refractivity contribution in [2.75, 3.05) is 19.0 Å². The van der Waals surface area contributed by atoms with Crippen LogP contribution >= 0.6 is 15.9 Å². The summed E-state index contributed by atoms with van der Waals surface area (Å²) in [6.07, 6.45) is 1.40. The van der Waals surface area contributed by atoms with E-state index in [9.17, 15) is 9.59 Å². The van der Waals surface area contributed by atoms with E-state index in [1.165, 1.54) is 6.20 Å². The molecule has 2 rings (SSSR count). The van der Waals surface area contributed by atoms with E-state index in [-0.39, 0.29) is 4.47 Å². The second kappa shape index (κ2) is 8.52. The van der Waals surface area contributed by atoms with Crippen molar-refractivity contribution in [3.8, 4) is 11.5 Å². The molecule has 1 aromatic carbocycles. The molecule has 0 saturated heterocycles. The van der Waals surface area contributed by atoms with Crippen LogP contribution in [0.5, 0.6) is 11.5 Å². The van der Waals surface area contributed by atoms with Gasteiger partial charge in [-0.15, -0.1) is 0 Å². The number of carboxylic acids is 1. The Morgan fingerprint density at radius 1 is 1.40 bits per heavy atom. The quantitative estimate of drug-likeness (QED) is 0.685. The number of rotatable bonds is 8. The van der Waals surface area contributed by atoms with E-state index in [1.54, 1.807) is 7.11 Å². The first-order valence-corrected chi connectivity index (χ1v) is 8.26. The predicted octanol–water partition coefficient (Wildman–Crippen LogP) is 2.11. The zero-order valence-electron chi connectivity index (χ0n) is 13.8. The minimum Gasteiger partial charge on any atom is -0.493 e. The van der Waals surface area contributed by atoms with E-state index < -0.39 is 18.1 Å². The van der Waals surface area contributed by atoms with Gasteiger partial charge in [-0.3, -0.25) is 9.59 Å². The molecule has 0 radical (unpaired) electrons. The number of methoxy groups -OCH3 is 1. The molecule has 0 aliphatic rings. The molecule has 2 N–H and O–H groups in total. The molecular weight excluding hydrogens is 394 g/mol. The van der Waals surface area contributed by atoms with E-state index in [0.29, 0.717) is 30.3 Å². The van der Waals surface area contributed by atoms with E-state index in [0.717, 1.165) is 10.2 Å². The highest BCUT2D eigenvalue weighted by Gasteiger charge is 2.11. The SMILES string of the molecule is CCOc1ccc(CNc2cnn(CC(=O)O)c(=O)c2Br)cc1OC. The molecule has 1 heterocycles. The first kappa shape index (κ1) is 18.8. The lowest BCUT2D eigenvalue weighted by molar-refractivity contribution is -0.138. The van der Waals surface area contributed by atoms with Gasteiger partial charge in [0.05, 0.1) is 25.6 Å². The fourth-order valence-electron chi connectivity index (χ4n) is 2.12. The number of halogens is 1. The maximum atomic E-state index is 12.1. The van der Waals surface area contributed by atoms with Crippen LogP contribution < -0.4 is 20.3 Å². The Morgan fingerprint density at radius 2 is 2.16 bits per heavy atom. The van der Waals surface area contributed by atoms with Gasteiger partial charge in [-0.2, -0.15) is 5.10 Å². The van der Waals surface area contributed by atoms with Crippen molar-refractivity contribution in [3.05, 3.63) is 44.8 Å². The van der Waals surface area contributed by atoms with Gasteiger partial charge in [-0.05, 0) is 40.5 Å². The number of carbonyl (C=O) groups is 1. The molecule has 134 valence electrons. The molecule has 2 aromatic rings. The number of hydrogen-bond donors (Lipinski definition) is 2. The van der Waals surface area contributed by atoms with Crippen molar-refractivity contribution in [1.29, 1.82) is 0 Å². The van der Waals surface area contributed by atoms with Crippen LogP contribution in [0, 0.1) is 0 Å². The maximum absolute atomic E-state index is 12.1. The zero-order valence-corrected chi connectivity index (χ0v) is 15.4. The average molecular weight is 412 g/mol. The lowest BCUT2D eigenvalue weighted by Gasteiger charge is -2.13. The summed E-state index contributed by atoms with van der Waals surface area (Å²) in [6.45, 7) is 2.37. The van der Waals surface area contributed by atoms with Crippen LogP contribution in [0.25, 0.3) is 0 Å². The van der Waals surface area contributed by atoms with Crippen molar-refractivity contribution < 1.29 is 19.4 Å². The lowest BCUT2D eigenvalue weighted by atomic mass is 10.2. The summed E-state index contributed by atoms with van der Waals surface area (Å²) in [5.41, 5.74) is 0.873. The number of nitrogens with one attached hydrogen (secondary N) is 1. The summed E-state index contributed by atoms with van der Waals surface area (Å²) < 4.78 is 11.9. The first-order valence-electron chi connectivity index (χ1n) is 7.47. The Morgan fingerprint density at radius 3 is 2.80 bits per heavy atom. The van der Waals surface area contributed by atoms with Gasteiger partial charge < -0.3 is 19.9 Å². The topological polar surface area (TPSA) is 103 Å². The summed E-state index contributed by atoms with van der Waals surface area (Å²) in [6, 6.07) is 5.54. The Bertz CT molecular complexity index is 822. The van der Waals surface area contributed by atoms with Gasteiger partial charge in [0.25, 0.3) is 5.56 Å². The van der Waals surface area contributed by atoms with Gasteiger partial charge in [0.1, 0.15) is 11.0 Å². The Hall–Kier alpha value is -2.55. The molecule has 0 saturated carbocycles. The standard InChI is InChI=1S/C16H18BrN3O5/c1-3-25-12-5-4-10(6-13(12)24-2)7-18-11-8-19-20(9-14(21)22)16(23)15(11)17/h4-6,8,18H,3,7,9H2,1-2H3,(H,21,22). The zero-order chi connectivity index (χ0) is 18.4. The number of aliphatic carboxylic acids is 1. The number of carboxylic acid groups (broad SMARTS) is 1. The van der Waals surface area contributed by atoms with Gasteiger partial charge in [0, 0.05) is 6.54 Å². The fourth-order valence-corrected chi connectivity index (χ4v) is 2.57. The van der Waals surface area contributed by atoms with Crippen molar-refractivity contribution >= 4 is 27.6 Å². The smallest absolute Gasteiger partial charge is 0.325 e. The molecular formula is C16H18BrN3O5. The highest BCUT2D eigenvalue weighted by Crippen LogP contribution is 2.28. The van der Waals surface area contributed by atoms with Crippen LogP contribution in [0.3, 0.4) is 0 Å². The number of ether oxygens (including phenoxy) is 2. The number of hydrogen-bond acceptors (Lipinski definition) is 6. The molecule has 0 aliphatic heterocycles. The monoisotopic (exact) mass is 411 g/mol. The molecule has 0 unspecified atom stereocenters. The van der Waals surface area contributed by atoms with Crippen LogP contribution in [0.1, 0.15) is 12.5 Å². The molecule has 0 amide bonds. The minimum atomic E-state index is -1.14. The molecule has 0 spiro atoms. The summed E-state index contributed by atoms with van der Waals surface area (Å²) in [5, 5.41) is 15.7. The number of nitrogens with zero attached hydrogens (tertiary/aromatic N) is 2. The second-order valence-corrected chi connectivity index (χ2v) is 5.79. The summed E-state index contributed by atoms with van der Waals surface area (Å²) in [4.78, 5) is 22.8. The van der Waals surface area contributed by atoms with E-state index in [2.05, 4.69) is 26.3 Å². The third-order valence-electron chi connectivity index (χ3n) is 3.28. The highest BCUT2D eigenvalue weighted by molar-refractivity contribution is 9.10. The van der Waals surface area contributed by atoms with Gasteiger partial charge in [-0.25, -0.2) is 4.68 Å². The highest BCUT2D eigenvalue weighted by atomic mass is 79.9. The lowest BCUT2D eigenvalue weighted by Crippen LogP contribution is -2.27. The van der Waals surface area contributed by atoms with Crippen molar-refractivity contribution in [2.45, 2.75) is 20.0 Å². The Kier molecular flexibility index (Phi) is 6.40. The van der Waals surface area contributed by atoms with Crippen LogP contribution in [-0.4, -0.2) is 34.6 Å². The Labute approximate surface area is 152 Å². The maximum Gasteiger partial charge on any atom is 0.325 e. The van der Waals surface area contributed by atoms with E-state index in [1.807, 2.05) is 25.1 Å². The number of benzene rings is 1. The van der Waals surface area contributed by atoms with Crippen molar-refractivity contribution in [2.24, 2.45) is 0 Å². The first-order chi connectivity index (χ1) is 12.0. The molecule has 8 nitrogen and oxygen atoms in total. The van der Waals surface area contributed by atoms with Crippen molar-refractivity contribution in [3.63, 3.8) is 0 Å². The van der Waals surface area contributed by atoms with E-state index >= 15 is 0 Å². The third-order valence-corrected chi connectivity index (χ3v) is 4.05. The molecule has 0 fully saturated rings. The molecule has 0 atom stereocenters. The molecule has 9 heteroatoms. The third kappa shape index (κ3) is 4.72. The molecule has 25 heavy (non-hydrogen) atoms. The van der Waals surface area contributed by atoms with Gasteiger partial charge in [0.15, 0.2) is 11.5 Å². The number of aromatic nitrogens is 2. The Balaban J connectivity index is 2.15. The van der Waals surface area contributed by atoms with Gasteiger partial charge in [0.2, 0.25) is 0 Å². The average Bonchev–Trinajstić information content (AvgIpc) is 2.59. The summed E-state index contributed by atoms with van der Waals surface area (Å²) >= 11 is 3.18. The van der Waals surface area contributed by atoms with Crippen LogP contribution in [0.15, 0.2) is 33.7 Å². The van der Waals surface area contributed by atoms with Gasteiger partial charge >= 0.3 is 5.97 Å². The predicted molar refractivity (Wildman–Crippen MR) is 95.3 cm³/mol. The molecule has 0 aliphatic carbocycles. The van der Waals surface area contributed by atoms with Gasteiger partial charge in [-0.1, -0.05) is 6.07 Å². The normalized spacial score (nSPS) is 10.4. The van der Waals surface area contributed by atoms with Crippen molar-refractivity contribution in [1.82, 2.24) is 9.78 Å². The minimum absolute atomic E-state index is 0.224.